The monoisotopic (exact) mass is 500 g/mol. The van der Waals surface area contributed by atoms with Crippen molar-refractivity contribution in [3.05, 3.63) is 62.3 Å². The number of hydrogen-bond acceptors (Lipinski definition) is 5. The minimum absolute atomic E-state index is 0.0138. The molecule has 0 unspecified atom stereocenters. The van der Waals surface area contributed by atoms with E-state index in [1.807, 2.05) is 4.90 Å². The predicted molar refractivity (Wildman–Crippen MR) is 133 cm³/mol. The molecule has 190 valence electrons. The van der Waals surface area contributed by atoms with Crippen LogP contribution in [0.25, 0.3) is 17.2 Å². The molecule has 0 spiro atoms. The van der Waals surface area contributed by atoms with Gasteiger partial charge in [-0.25, -0.2) is 4.79 Å². The molecule has 3 heterocycles. The van der Waals surface area contributed by atoms with Gasteiger partial charge >= 0.3 is 11.9 Å². The number of halogens is 3. The van der Waals surface area contributed by atoms with Crippen LogP contribution in [0.15, 0.2) is 39.9 Å². The molecule has 2 N–H and O–H groups in total. The van der Waals surface area contributed by atoms with Gasteiger partial charge < -0.3 is 10.6 Å². The average molecular weight is 501 g/mol. The highest BCUT2D eigenvalue weighted by Gasteiger charge is 2.30. The number of benzene rings is 1. The van der Waals surface area contributed by atoms with Crippen LogP contribution in [-0.4, -0.2) is 37.8 Å². The van der Waals surface area contributed by atoms with Gasteiger partial charge in [0.25, 0.3) is 5.56 Å². The first kappa shape index (κ1) is 25.3. The maximum absolute atomic E-state index is 13.5. The Kier molecular flexibility index (Phi) is 7.08. The van der Waals surface area contributed by atoms with E-state index >= 15 is 0 Å². The van der Waals surface area contributed by atoms with Crippen molar-refractivity contribution < 1.29 is 13.2 Å². The number of piperidine rings is 1. The fraction of sp³-hybridized carbons (Fsp3) is 0.400. The minimum atomic E-state index is -4.42. The molecule has 1 aliphatic heterocycles. The number of fused-ring (bicyclic) bond motifs is 1. The van der Waals surface area contributed by atoms with Crippen molar-refractivity contribution in [2.24, 2.45) is 12.8 Å². The van der Waals surface area contributed by atoms with Gasteiger partial charge in [0, 0.05) is 32.7 Å². The predicted octanol–water partition coefficient (Wildman–Crippen LogP) is 2.58. The van der Waals surface area contributed by atoms with E-state index in [1.165, 1.54) is 16.7 Å². The van der Waals surface area contributed by atoms with E-state index in [-0.39, 0.29) is 30.3 Å². The lowest BCUT2D eigenvalue weighted by molar-refractivity contribution is -0.137. The Bertz CT molecular complexity index is 1470. The van der Waals surface area contributed by atoms with Crippen LogP contribution in [0.5, 0.6) is 0 Å². The van der Waals surface area contributed by atoms with Crippen molar-refractivity contribution in [3.8, 4) is 11.8 Å². The summed E-state index contributed by atoms with van der Waals surface area (Å²) in [6.45, 7) is 3.19. The Morgan fingerprint density at radius 2 is 1.92 bits per heavy atom. The van der Waals surface area contributed by atoms with E-state index in [0.717, 1.165) is 36.1 Å². The van der Waals surface area contributed by atoms with E-state index < -0.39 is 23.0 Å². The Labute approximate surface area is 205 Å². The molecule has 8 nitrogen and oxygen atoms in total. The summed E-state index contributed by atoms with van der Waals surface area (Å²) in [5, 5.41) is 0. The summed E-state index contributed by atoms with van der Waals surface area (Å²) in [7, 11) is 1.55. The van der Waals surface area contributed by atoms with E-state index in [9.17, 15) is 22.8 Å². The second-order valence-corrected chi connectivity index (χ2v) is 8.72. The van der Waals surface area contributed by atoms with Crippen LogP contribution in [0.4, 0.5) is 19.1 Å². The SMILES string of the molecule is CC#CCn1c(N2CCC[C@@H](N)C2)nc2c1c(=O)n(C/C=C/c1ccc(C(F)(F)F)cc1)c(=O)n2C. The summed E-state index contributed by atoms with van der Waals surface area (Å²) < 4.78 is 42.5. The fourth-order valence-electron chi connectivity index (χ4n) is 4.34. The first-order valence-electron chi connectivity index (χ1n) is 11.6. The van der Waals surface area contributed by atoms with Crippen LogP contribution in [0.2, 0.25) is 0 Å². The van der Waals surface area contributed by atoms with Gasteiger partial charge in [-0.1, -0.05) is 30.2 Å². The second-order valence-electron chi connectivity index (χ2n) is 8.72. The van der Waals surface area contributed by atoms with Crippen LogP contribution in [-0.2, 0) is 26.3 Å². The van der Waals surface area contributed by atoms with E-state index in [0.29, 0.717) is 18.1 Å². The maximum Gasteiger partial charge on any atom is 0.416 e. The van der Waals surface area contributed by atoms with Crippen molar-refractivity contribution in [3.63, 3.8) is 0 Å². The number of alkyl halides is 3. The molecule has 1 aromatic carbocycles. The van der Waals surface area contributed by atoms with Crippen molar-refractivity contribution in [2.75, 3.05) is 18.0 Å². The summed E-state index contributed by atoms with van der Waals surface area (Å²) in [5.41, 5.74) is 5.39. The van der Waals surface area contributed by atoms with Gasteiger partial charge in [-0.2, -0.15) is 18.2 Å². The Hall–Kier alpha value is -3.78. The smallest absolute Gasteiger partial charge is 0.341 e. The molecule has 0 radical (unpaired) electrons. The summed E-state index contributed by atoms with van der Waals surface area (Å²) in [6, 6.07) is 4.62. The Morgan fingerprint density at radius 1 is 1.19 bits per heavy atom. The normalized spacial score (nSPS) is 16.5. The molecule has 1 saturated heterocycles. The van der Waals surface area contributed by atoms with Gasteiger partial charge in [-0.15, -0.1) is 5.92 Å². The molecule has 1 atom stereocenters. The van der Waals surface area contributed by atoms with Gasteiger partial charge in [0.1, 0.15) is 0 Å². The molecule has 0 aliphatic carbocycles. The van der Waals surface area contributed by atoms with Crippen LogP contribution < -0.4 is 21.9 Å². The number of allylic oxidation sites excluding steroid dienone is 1. The zero-order valence-electron chi connectivity index (χ0n) is 20.0. The number of aryl methyl sites for hydroxylation is 1. The number of nitrogens with zero attached hydrogens (tertiary/aromatic N) is 5. The average Bonchev–Trinajstić information content (AvgIpc) is 3.23. The molecule has 0 amide bonds. The van der Waals surface area contributed by atoms with E-state index in [4.69, 9.17) is 5.73 Å². The third-order valence-corrected chi connectivity index (χ3v) is 6.20. The zero-order valence-corrected chi connectivity index (χ0v) is 20.0. The topological polar surface area (TPSA) is 91.1 Å². The molecule has 2 aromatic heterocycles. The molecule has 1 fully saturated rings. The standard InChI is InChI=1S/C25H27F3N6O2/c1-3-4-14-33-20-21(30-23(33)32-13-6-8-19(29)16-32)31(2)24(36)34(22(20)35)15-5-7-17-9-11-18(12-10-17)25(26,27)28/h5,7,9-12,19H,6,8,13-16,29H2,1-2H3/b7-5+/t19-/m1/s1. The molecule has 0 saturated carbocycles. The first-order chi connectivity index (χ1) is 17.1. The van der Waals surface area contributed by atoms with Crippen molar-refractivity contribution >= 4 is 23.2 Å². The largest absolute Gasteiger partial charge is 0.416 e. The van der Waals surface area contributed by atoms with Crippen molar-refractivity contribution in [2.45, 2.75) is 45.1 Å². The number of anilines is 1. The summed E-state index contributed by atoms with van der Waals surface area (Å²) in [5.74, 6) is 6.36. The van der Waals surface area contributed by atoms with Gasteiger partial charge in [0.15, 0.2) is 11.2 Å². The van der Waals surface area contributed by atoms with Gasteiger partial charge in [0.2, 0.25) is 5.95 Å². The highest BCUT2D eigenvalue weighted by atomic mass is 19.4. The molecule has 0 bridgehead atoms. The maximum atomic E-state index is 13.5. The highest BCUT2D eigenvalue weighted by molar-refractivity contribution is 5.75. The van der Waals surface area contributed by atoms with E-state index in [1.54, 1.807) is 30.7 Å². The summed E-state index contributed by atoms with van der Waals surface area (Å²) >= 11 is 0. The quantitative estimate of drug-likeness (QED) is 0.544. The van der Waals surface area contributed by atoms with Crippen LogP contribution in [0, 0.1) is 11.8 Å². The lowest BCUT2D eigenvalue weighted by Crippen LogP contribution is -2.44. The summed E-state index contributed by atoms with van der Waals surface area (Å²) in [6.07, 6.45) is 0.509. The Balaban J connectivity index is 1.73. The van der Waals surface area contributed by atoms with Crippen LogP contribution >= 0.6 is 0 Å². The third-order valence-electron chi connectivity index (χ3n) is 6.20. The fourth-order valence-corrected chi connectivity index (χ4v) is 4.34. The number of hydrogen-bond donors (Lipinski definition) is 1. The highest BCUT2D eigenvalue weighted by Crippen LogP contribution is 2.29. The van der Waals surface area contributed by atoms with Crippen LogP contribution in [0.3, 0.4) is 0 Å². The van der Waals surface area contributed by atoms with Crippen molar-refractivity contribution in [1.82, 2.24) is 18.7 Å². The van der Waals surface area contributed by atoms with Crippen LogP contribution in [0.1, 0.15) is 30.9 Å². The molecule has 11 heteroatoms. The number of nitrogens with two attached hydrogens (primary N) is 1. The number of imidazole rings is 1. The molecule has 36 heavy (non-hydrogen) atoms. The first-order valence-corrected chi connectivity index (χ1v) is 11.6. The molecule has 1 aliphatic rings. The molecular weight excluding hydrogens is 473 g/mol. The van der Waals surface area contributed by atoms with Gasteiger partial charge in [0.05, 0.1) is 12.1 Å². The number of aromatic nitrogens is 4. The minimum Gasteiger partial charge on any atom is -0.341 e. The third kappa shape index (κ3) is 4.95. The second kappa shape index (κ2) is 10.1. The molecule has 4 rings (SSSR count). The van der Waals surface area contributed by atoms with E-state index in [2.05, 4.69) is 16.8 Å². The lowest BCUT2D eigenvalue weighted by Gasteiger charge is -2.31. The van der Waals surface area contributed by atoms with Crippen molar-refractivity contribution in [1.29, 1.82) is 0 Å². The van der Waals surface area contributed by atoms with Gasteiger partial charge in [-0.05, 0) is 37.5 Å². The zero-order chi connectivity index (χ0) is 26.0. The van der Waals surface area contributed by atoms with Gasteiger partial charge in [-0.3, -0.25) is 18.5 Å². The lowest BCUT2D eigenvalue weighted by atomic mass is 10.1. The summed E-state index contributed by atoms with van der Waals surface area (Å²) in [4.78, 5) is 33.2. The molecule has 3 aromatic rings. The Morgan fingerprint density at radius 3 is 2.56 bits per heavy atom. The molecular formula is C25H27F3N6O2. The number of rotatable bonds is 5.